The standard InChI is InChI=1S/C20H27N7O3/c1-12(20(2)10-30-11-20)27-9-13(17-16(19(27)28)18(21)23-22-17)14-8-15(25(3)24-14)26-4-6-29-7-5-26/h8-9,12H,4-7,10-11H2,1-3H3,(H3,21,22,23). The molecule has 160 valence electrons. The summed E-state index contributed by atoms with van der Waals surface area (Å²) in [5.74, 6) is 1.22. The van der Waals surface area contributed by atoms with Gasteiger partial charge in [-0.2, -0.15) is 10.2 Å². The average molecular weight is 413 g/mol. The van der Waals surface area contributed by atoms with Crippen LogP contribution in [0.2, 0.25) is 0 Å². The predicted octanol–water partition coefficient (Wildman–Crippen LogP) is 1.14. The molecular formula is C20H27N7O3. The fraction of sp³-hybridized carbons (Fsp3) is 0.550. The summed E-state index contributed by atoms with van der Waals surface area (Å²) in [5, 5.41) is 12.2. The summed E-state index contributed by atoms with van der Waals surface area (Å²) >= 11 is 0. The van der Waals surface area contributed by atoms with Gasteiger partial charge in [-0.25, -0.2) is 0 Å². The lowest BCUT2D eigenvalue weighted by Crippen LogP contribution is -2.47. The molecule has 5 heterocycles. The van der Waals surface area contributed by atoms with Crippen LogP contribution in [0.5, 0.6) is 0 Å². The molecule has 2 saturated heterocycles. The Hall–Kier alpha value is -2.85. The van der Waals surface area contributed by atoms with Crippen molar-refractivity contribution in [2.24, 2.45) is 12.5 Å². The van der Waals surface area contributed by atoms with Crippen molar-refractivity contribution >= 4 is 22.5 Å². The summed E-state index contributed by atoms with van der Waals surface area (Å²) < 4.78 is 14.5. The first kappa shape index (κ1) is 19.1. The zero-order chi connectivity index (χ0) is 21.0. The van der Waals surface area contributed by atoms with Gasteiger partial charge in [-0.15, -0.1) is 0 Å². The number of morpholine rings is 1. The number of ether oxygens (including phenoxy) is 2. The van der Waals surface area contributed by atoms with E-state index in [1.807, 2.05) is 30.9 Å². The van der Waals surface area contributed by atoms with Gasteiger partial charge in [0.2, 0.25) is 0 Å². The molecule has 3 aromatic rings. The van der Waals surface area contributed by atoms with E-state index in [0.29, 0.717) is 37.3 Å². The molecule has 10 heteroatoms. The van der Waals surface area contributed by atoms with Gasteiger partial charge in [-0.05, 0) is 6.92 Å². The van der Waals surface area contributed by atoms with Crippen LogP contribution in [0.15, 0.2) is 17.1 Å². The molecule has 0 spiro atoms. The summed E-state index contributed by atoms with van der Waals surface area (Å²) in [6.07, 6.45) is 1.88. The van der Waals surface area contributed by atoms with E-state index in [2.05, 4.69) is 22.0 Å². The maximum atomic E-state index is 13.3. The third kappa shape index (κ3) is 2.82. The van der Waals surface area contributed by atoms with Gasteiger partial charge in [-0.3, -0.25) is 14.6 Å². The maximum absolute atomic E-state index is 13.3. The number of nitrogen functional groups attached to an aromatic ring is 1. The van der Waals surface area contributed by atoms with Crippen molar-refractivity contribution in [3.05, 3.63) is 22.6 Å². The Balaban J connectivity index is 1.66. The molecular weight excluding hydrogens is 386 g/mol. The van der Waals surface area contributed by atoms with Gasteiger partial charge < -0.3 is 24.7 Å². The molecule has 3 N–H and O–H groups in total. The Bertz CT molecular complexity index is 1150. The van der Waals surface area contributed by atoms with Gasteiger partial charge >= 0.3 is 0 Å². The molecule has 5 rings (SSSR count). The number of fused-ring (bicyclic) bond motifs is 1. The van der Waals surface area contributed by atoms with Crippen molar-refractivity contribution in [3.63, 3.8) is 0 Å². The Morgan fingerprint density at radius 1 is 1.27 bits per heavy atom. The van der Waals surface area contributed by atoms with E-state index in [9.17, 15) is 4.79 Å². The Labute approximate surface area is 173 Å². The number of aryl methyl sites for hydroxylation is 1. The Kier molecular flexibility index (Phi) is 4.37. The molecule has 3 aromatic heterocycles. The number of aromatic nitrogens is 5. The highest BCUT2D eigenvalue weighted by molar-refractivity contribution is 5.97. The van der Waals surface area contributed by atoms with Gasteiger partial charge in [0.05, 0.1) is 37.6 Å². The van der Waals surface area contributed by atoms with E-state index in [1.165, 1.54) is 0 Å². The molecule has 1 atom stereocenters. The number of nitrogens with zero attached hydrogens (tertiary/aromatic N) is 5. The SMILES string of the molecule is CC(n1cc(-c2cc(N3CCOCC3)n(C)n2)c2[nH]nc(N)c2c1=O)C1(C)COC1. The van der Waals surface area contributed by atoms with Crippen LogP contribution in [0, 0.1) is 5.41 Å². The number of nitrogens with two attached hydrogens (primary N) is 1. The summed E-state index contributed by atoms with van der Waals surface area (Å²) in [5.41, 5.74) is 8.01. The lowest BCUT2D eigenvalue weighted by Gasteiger charge is -2.43. The highest BCUT2D eigenvalue weighted by atomic mass is 16.5. The first-order chi connectivity index (χ1) is 14.4. The quantitative estimate of drug-likeness (QED) is 0.659. The van der Waals surface area contributed by atoms with Crippen molar-refractivity contribution in [2.45, 2.75) is 19.9 Å². The van der Waals surface area contributed by atoms with E-state index in [4.69, 9.17) is 20.3 Å². The number of pyridine rings is 1. The van der Waals surface area contributed by atoms with Gasteiger partial charge in [0.25, 0.3) is 5.56 Å². The molecule has 0 radical (unpaired) electrons. The van der Waals surface area contributed by atoms with Crippen molar-refractivity contribution in [1.29, 1.82) is 0 Å². The Morgan fingerprint density at radius 3 is 2.67 bits per heavy atom. The van der Waals surface area contributed by atoms with Crippen LogP contribution in [0.25, 0.3) is 22.2 Å². The van der Waals surface area contributed by atoms with Crippen LogP contribution in [-0.4, -0.2) is 64.1 Å². The van der Waals surface area contributed by atoms with Crippen LogP contribution in [0.1, 0.15) is 19.9 Å². The summed E-state index contributed by atoms with van der Waals surface area (Å²) in [6.45, 7) is 8.47. The summed E-state index contributed by atoms with van der Waals surface area (Å²) in [4.78, 5) is 15.5. The molecule has 2 aliphatic rings. The van der Waals surface area contributed by atoms with E-state index >= 15 is 0 Å². The number of rotatable bonds is 4. The molecule has 1 unspecified atom stereocenters. The number of aromatic amines is 1. The van der Waals surface area contributed by atoms with Crippen LogP contribution >= 0.6 is 0 Å². The monoisotopic (exact) mass is 413 g/mol. The normalized spacial score (nSPS) is 19.8. The number of hydrogen-bond donors (Lipinski definition) is 2. The molecule has 0 aromatic carbocycles. The van der Waals surface area contributed by atoms with Crippen molar-refractivity contribution in [1.82, 2.24) is 24.5 Å². The van der Waals surface area contributed by atoms with Crippen molar-refractivity contribution in [3.8, 4) is 11.3 Å². The second-order valence-corrected chi connectivity index (χ2v) is 8.55. The second kappa shape index (κ2) is 6.85. The molecule has 2 fully saturated rings. The zero-order valence-electron chi connectivity index (χ0n) is 17.5. The highest BCUT2D eigenvalue weighted by Gasteiger charge is 2.40. The molecule has 0 saturated carbocycles. The number of hydrogen-bond acceptors (Lipinski definition) is 7. The summed E-state index contributed by atoms with van der Waals surface area (Å²) in [6, 6.07) is 1.99. The molecule has 0 aliphatic carbocycles. The third-order valence-electron chi connectivity index (χ3n) is 6.54. The number of H-pyrrole nitrogens is 1. The van der Waals surface area contributed by atoms with Crippen LogP contribution < -0.4 is 16.2 Å². The van der Waals surface area contributed by atoms with Crippen molar-refractivity contribution < 1.29 is 9.47 Å². The smallest absolute Gasteiger partial charge is 0.264 e. The first-order valence-corrected chi connectivity index (χ1v) is 10.2. The lowest BCUT2D eigenvalue weighted by molar-refractivity contribution is -0.126. The zero-order valence-corrected chi connectivity index (χ0v) is 17.5. The average Bonchev–Trinajstić information content (AvgIpc) is 3.30. The van der Waals surface area contributed by atoms with Crippen LogP contribution in [-0.2, 0) is 16.5 Å². The van der Waals surface area contributed by atoms with Crippen LogP contribution in [0.3, 0.4) is 0 Å². The largest absolute Gasteiger partial charge is 0.382 e. The topological polar surface area (TPSA) is 116 Å². The first-order valence-electron chi connectivity index (χ1n) is 10.2. The Morgan fingerprint density at radius 2 is 2.00 bits per heavy atom. The van der Waals surface area contributed by atoms with E-state index in [-0.39, 0.29) is 22.8 Å². The van der Waals surface area contributed by atoms with Crippen molar-refractivity contribution in [2.75, 3.05) is 50.2 Å². The van der Waals surface area contributed by atoms with Gasteiger partial charge in [0.15, 0.2) is 5.82 Å². The minimum Gasteiger partial charge on any atom is -0.382 e. The summed E-state index contributed by atoms with van der Waals surface area (Å²) in [7, 11) is 1.93. The molecule has 10 nitrogen and oxygen atoms in total. The minimum absolute atomic E-state index is 0.0568. The fourth-order valence-corrected chi connectivity index (χ4v) is 4.32. The van der Waals surface area contributed by atoms with Gasteiger partial charge in [-0.1, -0.05) is 6.92 Å². The molecule has 30 heavy (non-hydrogen) atoms. The predicted molar refractivity (Wildman–Crippen MR) is 114 cm³/mol. The van der Waals surface area contributed by atoms with E-state index < -0.39 is 0 Å². The number of anilines is 2. The third-order valence-corrected chi connectivity index (χ3v) is 6.54. The second-order valence-electron chi connectivity index (χ2n) is 8.55. The molecule has 0 bridgehead atoms. The van der Waals surface area contributed by atoms with Crippen LogP contribution in [0.4, 0.5) is 11.6 Å². The lowest BCUT2D eigenvalue weighted by atomic mass is 9.81. The van der Waals surface area contributed by atoms with E-state index in [1.54, 1.807) is 4.57 Å². The minimum atomic E-state index is -0.148. The fourth-order valence-electron chi connectivity index (χ4n) is 4.32. The van der Waals surface area contributed by atoms with Gasteiger partial charge in [0.1, 0.15) is 11.2 Å². The van der Waals surface area contributed by atoms with Gasteiger partial charge in [0, 0.05) is 49.4 Å². The highest BCUT2D eigenvalue weighted by Crippen LogP contribution is 2.39. The molecule has 0 amide bonds. The van der Waals surface area contributed by atoms with E-state index in [0.717, 1.165) is 30.2 Å². The maximum Gasteiger partial charge on any atom is 0.264 e. The molecule has 2 aliphatic heterocycles. The number of nitrogens with one attached hydrogen (secondary N) is 1.